The molecule has 0 aromatic heterocycles. The summed E-state index contributed by atoms with van der Waals surface area (Å²) in [5.41, 5.74) is 1.72. The molecular weight excluding hydrogens is 142 g/mol. The second-order valence-corrected chi connectivity index (χ2v) is 2.53. The minimum atomic E-state index is -0.933. The lowest BCUT2D eigenvalue weighted by atomic mass is 10.4. The first kappa shape index (κ1) is 9.75. The normalized spacial score (nSPS) is 10.6. The maximum absolute atomic E-state index is 10.1. The Hall–Kier alpha value is -1.25. The van der Waals surface area contributed by atoms with Crippen molar-refractivity contribution in [1.82, 2.24) is 5.32 Å². The SMILES string of the molecule is CC(C)=CN/C(C)=C/C(=O)O. The number of carboxylic acid groups (broad SMARTS) is 1. The van der Waals surface area contributed by atoms with E-state index in [0.717, 1.165) is 11.6 Å². The molecule has 0 atom stereocenters. The van der Waals surface area contributed by atoms with E-state index in [1.807, 2.05) is 13.8 Å². The maximum atomic E-state index is 10.1. The summed E-state index contributed by atoms with van der Waals surface area (Å²) >= 11 is 0. The summed E-state index contributed by atoms with van der Waals surface area (Å²) in [5, 5.41) is 11.1. The second kappa shape index (κ2) is 4.55. The van der Waals surface area contributed by atoms with Crippen LogP contribution in [0.3, 0.4) is 0 Å². The Labute approximate surface area is 66.4 Å². The van der Waals surface area contributed by atoms with Gasteiger partial charge in [0.1, 0.15) is 0 Å². The Morgan fingerprint density at radius 1 is 1.36 bits per heavy atom. The van der Waals surface area contributed by atoms with E-state index in [-0.39, 0.29) is 0 Å². The fourth-order valence-electron chi connectivity index (χ4n) is 0.485. The van der Waals surface area contributed by atoms with Crippen molar-refractivity contribution in [3.63, 3.8) is 0 Å². The van der Waals surface area contributed by atoms with Crippen molar-refractivity contribution in [2.75, 3.05) is 0 Å². The summed E-state index contributed by atoms with van der Waals surface area (Å²) in [6, 6.07) is 0. The first-order valence-corrected chi connectivity index (χ1v) is 3.33. The molecule has 0 radical (unpaired) electrons. The van der Waals surface area contributed by atoms with Crippen LogP contribution in [-0.4, -0.2) is 11.1 Å². The van der Waals surface area contributed by atoms with Crippen molar-refractivity contribution in [1.29, 1.82) is 0 Å². The largest absolute Gasteiger partial charge is 0.478 e. The van der Waals surface area contributed by atoms with Crippen molar-refractivity contribution < 1.29 is 9.90 Å². The highest BCUT2D eigenvalue weighted by Gasteiger charge is 1.89. The topological polar surface area (TPSA) is 49.3 Å². The molecule has 0 aromatic rings. The molecule has 0 rings (SSSR count). The monoisotopic (exact) mass is 155 g/mol. The minimum Gasteiger partial charge on any atom is -0.478 e. The molecule has 0 aliphatic carbocycles. The van der Waals surface area contributed by atoms with Crippen LogP contribution in [0.25, 0.3) is 0 Å². The zero-order valence-electron chi connectivity index (χ0n) is 7.01. The molecule has 0 bridgehead atoms. The van der Waals surface area contributed by atoms with E-state index in [9.17, 15) is 4.79 Å². The van der Waals surface area contributed by atoms with Gasteiger partial charge in [-0.3, -0.25) is 0 Å². The number of nitrogens with one attached hydrogen (secondary N) is 1. The predicted molar refractivity (Wildman–Crippen MR) is 44.0 cm³/mol. The molecule has 11 heavy (non-hydrogen) atoms. The van der Waals surface area contributed by atoms with Crippen LogP contribution in [0.5, 0.6) is 0 Å². The second-order valence-electron chi connectivity index (χ2n) is 2.53. The van der Waals surface area contributed by atoms with E-state index < -0.39 is 5.97 Å². The Kier molecular flexibility index (Phi) is 4.03. The molecule has 0 amide bonds. The Morgan fingerprint density at radius 2 is 1.91 bits per heavy atom. The third-order valence-corrected chi connectivity index (χ3v) is 0.928. The van der Waals surface area contributed by atoms with E-state index >= 15 is 0 Å². The van der Waals surface area contributed by atoms with E-state index in [4.69, 9.17) is 5.11 Å². The van der Waals surface area contributed by atoms with Gasteiger partial charge in [0.2, 0.25) is 0 Å². The Morgan fingerprint density at radius 3 is 2.27 bits per heavy atom. The molecule has 0 unspecified atom stereocenters. The summed E-state index contributed by atoms with van der Waals surface area (Å²) in [6.45, 7) is 5.57. The van der Waals surface area contributed by atoms with Crippen molar-refractivity contribution in [2.24, 2.45) is 0 Å². The molecule has 2 N–H and O–H groups in total. The lowest BCUT2D eigenvalue weighted by Crippen LogP contribution is -2.04. The van der Waals surface area contributed by atoms with Gasteiger partial charge in [-0.15, -0.1) is 0 Å². The van der Waals surface area contributed by atoms with Crippen LogP contribution in [0.4, 0.5) is 0 Å². The molecule has 0 aromatic carbocycles. The lowest BCUT2D eigenvalue weighted by Gasteiger charge is -1.98. The summed E-state index contributed by atoms with van der Waals surface area (Å²) in [7, 11) is 0. The smallest absolute Gasteiger partial charge is 0.330 e. The average molecular weight is 155 g/mol. The van der Waals surface area contributed by atoms with Gasteiger partial charge >= 0.3 is 5.97 Å². The Bertz CT molecular complexity index is 200. The first-order chi connectivity index (χ1) is 5.02. The molecule has 0 heterocycles. The highest BCUT2D eigenvalue weighted by Crippen LogP contribution is 1.89. The van der Waals surface area contributed by atoms with Crippen LogP contribution in [0.2, 0.25) is 0 Å². The van der Waals surface area contributed by atoms with Gasteiger partial charge in [-0.25, -0.2) is 4.79 Å². The van der Waals surface area contributed by atoms with Crippen LogP contribution >= 0.6 is 0 Å². The number of allylic oxidation sites excluding steroid dienone is 2. The summed E-state index contributed by atoms with van der Waals surface area (Å²) in [6.07, 6.45) is 2.88. The zero-order chi connectivity index (χ0) is 8.85. The van der Waals surface area contributed by atoms with Crippen molar-refractivity contribution >= 4 is 5.97 Å². The third kappa shape index (κ3) is 6.64. The number of hydrogen-bond acceptors (Lipinski definition) is 2. The van der Waals surface area contributed by atoms with E-state index in [0.29, 0.717) is 5.70 Å². The van der Waals surface area contributed by atoms with Crippen LogP contribution in [0.15, 0.2) is 23.5 Å². The van der Waals surface area contributed by atoms with Crippen molar-refractivity contribution in [3.8, 4) is 0 Å². The van der Waals surface area contributed by atoms with Crippen LogP contribution in [0, 0.1) is 0 Å². The van der Waals surface area contributed by atoms with Gasteiger partial charge in [-0.05, 0) is 27.0 Å². The number of rotatable bonds is 3. The van der Waals surface area contributed by atoms with E-state index in [1.165, 1.54) is 0 Å². The van der Waals surface area contributed by atoms with Gasteiger partial charge in [0.05, 0.1) is 0 Å². The Balaban J connectivity index is 3.97. The van der Waals surface area contributed by atoms with Crippen molar-refractivity contribution in [2.45, 2.75) is 20.8 Å². The summed E-state index contributed by atoms with van der Waals surface area (Å²) in [4.78, 5) is 10.1. The quantitative estimate of drug-likeness (QED) is 0.607. The standard InChI is InChI=1S/C8H13NO2/c1-6(2)5-9-7(3)4-8(10)11/h4-5,9H,1-3H3,(H,10,11)/b7-4+. The summed E-state index contributed by atoms with van der Waals surface area (Å²) < 4.78 is 0. The molecule has 3 heteroatoms. The van der Waals surface area contributed by atoms with E-state index in [2.05, 4.69) is 5.32 Å². The number of aliphatic carboxylic acids is 1. The van der Waals surface area contributed by atoms with Gasteiger partial charge in [0.15, 0.2) is 0 Å². The number of hydrogen-bond donors (Lipinski definition) is 2. The highest BCUT2D eigenvalue weighted by molar-refractivity contribution is 5.80. The highest BCUT2D eigenvalue weighted by atomic mass is 16.4. The van der Waals surface area contributed by atoms with Gasteiger partial charge in [0.25, 0.3) is 0 Å². The van der Waals surface area contributed by atoms with Gasteiger partial charge in [-0.2, -0.15) is 0 Å². The van der Waals surface area contributed by atoms with Crippen LogP contribution in [0.1, 0.15) is 20.8 Å². The predicted octanol–water partition coefficient (Wildman–Crippen LogP) is 1.49. The molecule has 0 saturated heterocycles. The molecule has 3 nitrogen and oxygen atoms in total. The maximum Gasteiger partial charge on any atom is 0.330 e. The number of carbonyl (C=O) groups is 1. The first-order valence-electron chi connectivity index (χ1n) is 3.33. The summed E-state index contributed by atoms with van der Waals surface area (Å²) in [5.74, 6) is -0.933. The average Bonchev–Trinajstić information content (AvgIpc) is 1.82. The molecule has 0 spiro atoms. The zero-order valence-corrected chi connectivity index (χ0v) is 7.01. The fourth-order valence-corrected chi connectivity index (χ4v) is 0.485. The molecule has 0 aliphatic heterocycles. The van der Waals surface area contributed by atoms with E-state index in [1.54, 1.807) is 13.1 Å². The fraction of sp³-hybridized carbons (Fsp3) is 0.375. The van der Waals surface area contributed by atoms with Gasteiger partial charge < -0.3 is 10.4 Å². The molecule has 0 saturated carbocycles. The molecular formula is C8H13NO2. The molecule has 62 valence electrons. The van der Waals surface area contributed by atoms with Crippen LogP contribution < -0.4 is 5.32 Å². The van der Waals surface area contributed by atoms with Crippen LogP contribution in [-0.2, 0) is 4.79 Å². The van der Waals surface area contributed by atoms with Crippen molar-refractivity contribution in [3.05, 3.63) is 23.5 Å². The molecule has 0 aliphatic rings. The lowest BCUT2D eigenvalue weighted by molar-refractivity contribution is -0.131. The third-order valence-electron chi connectivity index (χ3n) is 0.928. The van der Waals surface area contributed by atoms with Gasteiger partial charge in [0, 0.05) is 11.8 Å². The minimum absolute atomic E-state index is 0.624. The molecule has 0 fully saturated rings. The van der Waals surface area contributed by atoms with Gasteiger partial charge in [-0.1, -0.05) is 5.57 Å². The number of carboxylic acids is 1.